The molecule has 30 heavy (non-hydrogen) atoms. The highest BCUT2D eigenvalue weighted by atomic mass is 35.5. The fourth-order valence-corrected chi connectivity index (χ4v) is 4.79. The van der Waals surface area contributed by atoms with E-state index in [4.69, 9.17) is 23.2 Å². The smallest absolute Gasteiger partial charge is 0.268 e. The molecular formula is C24H17Cl2NO2S. The molecule has 6 heteroatoms. The average molecular weight is 454 g/mol. The Morgan fingerprint density at radius 2 is 1.57 bits per heavy atom. The second-order valence-corrected chi connectivity index (χ2v) is 8.91. The highest BCUT2D eigenvalue weighted by molar-refractivity contribution is 8.04. The highest BCUT2D eigenvalue weighted by Gasteiger charge is 2.41. The Kier molecular flexibility index (Phi) is 5.74. The molecule has 0 fully saturated rings. The highest BCUT2D eigenvalue weighted by Crippen LogP contribution is 2.44. The Hall–Kier alpha value is -2.53. The van der Waals surface area contributed by atoms with E-state index in [0.717, 1.165) is 26.5 Å². The number of anilines is 1. The van der Waals surface area contributed by atoms with Gasteiger partial charge in [-0.2, -0.15) is 0 Å². The topological polar surface area (TPSA) is 37.4 Å². The molecule has 0 atom stereocenters. The number of halogens is 2. The van der Waals surface area contributed by atoms with Gasteiger partial charge in [-0.05, 0) is 55.3 Å². The van der Waals surface area contributed by atoms with Crippen LogP contribution >= 0.6 is 35.0 Å². The lowest BCUT2D eigenvalue weighted by Crippen LogP contribution is -2.31. The number of carbonyl (C=O) groups excluding carboxylic acids is 2. The molecule has 150 valence electrons. The van der Waals surface area contributed by atoms with Gasteiger partial charge in [0.1, 0.15) is 0 Å². The number of benzene rings is 3. The summed E-state index contributed by atoms with van der Waals surface area (Å²) in [7, 11) is 0. The molecule has 0 spiro atoms. The molecule has 0 radical (unpaired) electrons. The maximum atomic E-state index is 13.6. The van der Waals surface area contributed by atoms with Crippen LogP contribution in [0.5, 0.6) is 0 Å². The summed E-state index contributed by atoms with van der Waals surface area (Å²) in [5.74, 6) is -0.817. The van der Waals surface area contributed by atoms with E-state index in [1.54, 1.807) is 12.1 Å². The van der Waals surface area contributed by atoms with Crippen LogP contribution in [-0.2, 0) is 9.59 Å². The van der Waals surface area contributed by atoms with Crippen LogP contribution in [0.2, 0.25) is 10.0 Å². The molecule has 0 aromatic heterocycles. The SMILES string of the molecule is Cc1ccc(C2=C(Sc3ccccc3)C(=O)N(c3cc(Cl)ccc3Cl)C2=O)c(C)c1. The number of thioether (sulfide) groups is 1. The number of imide groups is 1. The molecule has 0 unspecified atom stereocenters. The van der Waals surface area contributed by atoms with E-state index >= 15 is 0 Å². The Bertz CT molecular complexity index is 1210. The first-order valence-corrected chi connectivity index (χ1v) is 10.8. The summed E-state index contributed by atoms with van der Waals surface area (Å²) < 4.78 is 0. The van der Waals surface area contributed by atoms with Crippen LogP contribution in [0, 0.1) is 13.8 Å². The lowest BCUT2D eigenvalue weighted by molar-refractivity contribution is -0.119. The predicted molar refractivity (Wildman–Crippen MR) is 124 cm³/mol. The van der Waals surface area contributed by atoms with Crippen LogP contribution in [0.15, 0.2) is 76.5 Å². The third kappa shape index (κ3) is 3.79. The molecule has 3 aromatic carbocycles. The monoisotopic (exact) mass is 453 g/mol. The van der Waals surface area contributed by atoms with Crippen molar-refractivity contribution in [3.05, 3.63) is 98.4 Å². The van der Waals surface area contributed by atoms with Crippen LogP contribution < -0.4 is 4.90 Å². The van der Waals surface area contributed by atoms with Crippen LogP contribution in [0.25, 0.3) is 5.57 Å². The molecule has 0 saturated heterocycles. The van der Waals surface area contributed by atoms with E-state index in [1.165, 1.54) is 17.8 Å². The predicted octanol–water partition coefficient (Wildman–Crippen LogP) is 6.69. The lowest BCUT2D eigenvalue weighted by Gasteiger charge is -2.17. The van der Waals surface area contributed by atoms with E-state index in [-0.39, 0.29) is 10.7 Å². The van der Waals surface area contributed by atoms with Crippen molar-refractivity contribution in [2.45, 2.75) is 18.7 Å². The van der Waals surface area contributed by atoms with Crippen molar-refractivity contribution in [2.24, 2.45) is 0 Å². The first-order valence-electron chi connectivity index (χ1n) is 9.25. The Morgan fingerprint density at radius 3 is 2.27 bits per heavy atom. The first kappa shape index (κ1) is 20.7. The summed E-state index contributed by atoms with van der Waals surface area (Å²) in [6.45, 7) is 3.93. The molecule has 1 heterocycles. The van der Waals surface area contributed by atoms with Gasteiger partial charge in [0.25, 0.3) is 11.8 Å². The normalized spacial score (nSPS) is 14.1. The molecule has 1 aliphatic rings. The summed E-state index contributed by atoms with van der Waals surface area (Å²) in [5.41, 5.74) is 3.41. The minimum absolute atomic E-state index is 0.282. The summed E-state index contributed by atoms with van der Waals surface area (Å²) in [6.07, 6.45) is 0. The third-order valence-electron chi connectivity index (χ3n) is 4.80. The Labute approximate surface area is 189 Å². The standard InChI is InChI=1S/C24H17Cl2NO2S/c1-14-8-10-18(15(2)12-14)21-22(30-17-6-4-3-5-7-17)24(29)27(23(21)28)20-13-16(25)9-11-19(20)26/h3-13H,1-2H3. The zero-order valence-electron chi connectivity index (χ0n) is 16.3. The lowest BCUT2D eigenvalue weighted by atomic mass is 9.99. The van der Waals surface area contributed by atoms with E-state index in [2.05, 4.69) is 0 Å². The average Bonchev–Trinajstić information content (AvgIpc) is 2.95. The van der Waals surface area contributed by atoms with Crippen LogP contribution in [0.4, 0.5) is 5.69 Å². The fraction of sp³-hybridized carbons (Fsp3) is 0.0833. The van der Waals surface area contributed by atoms with Gasteiger partial charge in [0.05, 0.1) is 21.2 Å². The van der Waals surface area contributed by atoms with Crippen molar-refractivity contribution in [3.63, 3.8) is 0 Å². The van der Waals surface area contributed by atoms with E-state index < -0.39 is 11.8 Å². The van der Waals surface area contributed by atoms with Gasteiger partial charge in [-0.25, -0.2) is 4.90 Å². The number of rotatable bonds is 4. The van der Waals surface area contributed by atoms with Crippen LogP contribution in [-0.4, -0.2) is 11.8 Å². The number of amides is 2. The van der Waals surface area contributed by atoms with E-state index in [0.29, 0.717) is 15.5 Å². The van der Waals surface area contributed by atoms with Gasteiger partial charge >= 0.3 is 0 Å². The second-order valence-electron chi connectivity index (χ2n) is 6.98. The summed E-state index contributed by atoms with van der Waals surface area (Å²) in [4.78, 5) is 29.4. The van der Waals surface area contributed by atoms with Crippen molar-refractivity contribution in [2.75, 3.05) is 4.90 Å². The molecule has 4 rings (SSSR count). The van der Waals surface area contributed by atoms with Gasteiger partial charge < -0.3 is 0 Å². The zero-order chi connectivity index (χ0) is 21.4. The molecule has 0 aliphatic carbocycles. The molecule has 0 N–H and O–H groups in total. The van der Waals surface area contributed by atoms with E-state index in [1.807, 2.05) is 62.4 Å². The van der Waals surface area contributed by atoms with Crippen molar-refractivity contribution in [1.29, 1.82) is 0 Å². The maximum Gasteiger partial charge on any atom is 0.272 e. The number of carbonyl (C=O) groups is 2. The molecule has 3 aromatic rings. The molecule has 3 nitrogen and oxygen atoms in total. The molecule has 0 saturated carbocycles. The summed E-state index contributed by atoms with van der Waals surface area (Å²) in [5, 5.41) is 0.680. The maximum absolute atomic E-state index is 13.6. The van der Waals surface area contributed by atoms with Gasteiger partial charge in [0, 0.05) is 9.92 Å². The Morgan fingerprint density at radius 1 is 0.833 bits per heavy atom. The number of hydrogen-bond acceptors (Lipinski definition) is 3. The molecule has 1 aliphatic heterocycles. The molecule has 0 bridgehead atoms. The second kappa shape index (κ2) is 8.31. The largest absolute Gasteiger partial charge is 0.272 e. The van der Waals surface area contributed by atoms with Crippen molar-refractivity contribution < 1.29 is 9.59 Å². The molecule has 2 amide bonds. The van der Waals surface area contributed by atoms with Gasteiger partial charge in [0.2, 0.25) is 0 Å². The van der Waals surface area contributed by atoms with Crippen molar-refractivity contribution >= 4 is 58.0 Å². The number of nitrogens with zero attached hydrogens (tertiary/aromatic N) is 1. The third-order valence-corrected chi connectivity index (χ3v) is 6.45. The van der Waals surface area contributed by atoms with Gasteiger partial charge in [-0.3, -0.25) is 9.59 Å². The Balaban J connectivity index is 1.89. The number of hydrogen-bond donors (Lipinski definition) is 0. The van der Waals surface area contributed by atoms with Crippen LogP contribution in [0.1, 0.15) is 16.7 Å². The van der Waals surface area contributed by atoms with Crippen LogP contribution in [0.3, 0.4) is 0 Å². The fourth-order valence-electron chi connectivity index (χ4n) is 3.42. The first-order chi connectivity index (χ1) is 14.4. The van der Waals surface area contributed by atoms with Crippen molar-refractivity contribution in [3.8, 4) is 0 Å². The van der Waals surface area contributed by atoms with E-state index in [9.17, 15) is 9.59 Å². The molecular weight excluding hydrogens is 437 g/mol. The quantitative estimate of drug-likeness (QED) is 0.413. The van der Waals surface area contributed by atoms with Crippen molar-refractivity contribution in [1.82, 2.24) is 0 Å². The minimum Gasteiger partial charge on any atom is -0.268 e. The minimum atomic E-state index is -0.409. The van der Waals surface area contributed by atoms with Gasteiger partial charge in [0.15, 0.2) is 0 Å². The zero-order valence-corrected chi connectivity index (χ0v) is 18.6. The summed E-state index contributed by atoms with van der Waals surface area (Å²) in [6, 6.07) is 20.1. The summed E-state index contributed by atoms with van der Waals surface area (Å²) >= 11 is 13.7. The van der Waals surface area contributed by atoms with Gasteiger partial charge in [-0.1, -0.05) is 76.9 Å². The number of aryl methyl sites for hydroxylation is 2. The van der Waals surface area contributed by atoms with Gasteiger partial charge in [-0.15, -0.1) is 0 Å².